The summed E-state index contributed by atoms with van der Waals surface area (Å²) in [5, 5.41) is 16.9. The van der Waals surface area contributed by atoms with Crippen molar-refractivity contribution in [1.29, 1.82) is 0 Å². The predicted octanol–water partition coefficient (Wildman–Crippen LogP) is 3.84. The molecular formula is C18H23N5O2S2. The first-order valence-electron chi connectivity index (χ1n) is 8.95. The van der Waals surface area contributed by atoms with Crippen molar-refractivity contribution >= 4 is 45.9 Å². The van der Waals surface area contributed by atoms with Crippen LogP contribution in [0.25, 0.3) is 0 Å². The topological polar surface area (TPSA) is 96.0 Å². The van der Waals surface area contributed by atoms with Crippen LogP contribution in [0.2, 0.25) is 0 Å². The number of hydrogen-bond acceptors (Lipinski definition) is 7. The number of aryl methyl sites for hydroxylation is 1. The summed E-state index contributed by atoms with van der Waals surface area (Å²) >= 11 is 2.66. The minimum absolute atomic E-state index is 0.180. The summed E-state index contributed by atoms with van der Waals surface area (Å²) < 4.78 is 0.670. The van der Waals surface area contributed by atoms with E-state index in [9.17, 15) is 9.59 Å². The molecular weight excluding hydrogens is 382 g/mol. The van der Waals surface area contributed by atoms with Gasteiger partial charge in [0.05, 0.1) is 5.25 Å². The summed E-state index contributed by atoms with van der Waals surface area (Å²) in [6.45, 7) is 3.77. The van der Waals surface area contributed by atoms with E-state index >= 15 is 0 Å². The van der Waals surface area contributed by atoms with Gasteiger partial charge in [-0.05, 0) is 44.4 Å². The fourth-order valence-electron chi connectivity index (χ4n) is 2.86. The minimum Gasteiger partial charge on any atom is -0.335 e. The lowest BCUT2D eigenvalue weighted by atomic mass is 10.2. The summed E-state index contributed by atoms with van der Waals surface area (Å²) in [6.07, 6.45) is 4.21. The molecule has 1 aliphatic carbocycles. The Kier molecular flexibility index (Phi) is 6.68. The van der Waals surface area contributed by atoms with Gasteiger partial charge in [-0.25, -0.2) is 4.79 Å². The van der Waals surface area contributed by atoms with Gasteiger partial charge in [0.25, 0.3) is 0 Å². The summed E-state index contributed by atoms with van der Waals surface area (Å²) in [4.78, 5) is 24.1. The number of benzene rings is 1. The minimum atomic E-state index is -0.445. The smallest absolute Gasteiger partial charge is 0.321 e. The quantitative estimate of drug-likeness (QED) is 0.632. The Morgan fingerprint density at radius 3 is 2.78 bits per heavy atom. The number of nitrogens with one attached hydrogen (secondary N) is 3. The number of carbonyl (C=O) groups excluding carboxylic acids is 2. The lowest BCUT2D eigenvalue weighted by molar-refractivity contribution is -0.119. The molecule has 27 heavy (non-hydrogen) atoms. The van der Waals surface area contributed by atoms with Gasteiger partial charge in [0.1, 0.15) is 0 Å². The molecule has 1 aliphatic rings. The maximum Gasteiger partial charge on any atom is 0.321 e. The molecule has 0 spiro atoms. The molecule has 1 fully saturated rings. The molecule has 1 aromatic carbocycles. The second-order valence-electron chi connectivity index (χ2n) is 6.57. The van der Waals surface area contributed by atoms with Gasteiger partial charge >= 0.3 is 6.03 Å². The van der Waals surface area contributed by atoms with E-state index in [1.54, 1.807) is 6.92 Å². The molecule has 3 N–H and O–H groups in total. The largest absolute Gasteiger partial charge is 0.335 e. The Balaban J connectivity index is 1.48. The Morgan fingerprint density at radius 1 is 1.26 bits per heavy atom. The van der Waals surface area contributed by atoms with Crippen molar-refractivity contribution in [2.24, 2.45) is 0 Å². The first-order valence-corrected chi connectivity index (χ1v) is 10.6. The molecule has 1 aromatic heterocycles. The molecule has 3 rings (SSSR count). The number of amides is 3. The molecule has 9 heteroatoms. The van der Waals surface area contributed by atoms with Crippen LogP contribution in [0.3, 0.4) is 0 Å². The highest BCUT2D eigenvalue weighted by molar-refractivity contribution is 8.02. The average Bonchev–Trinajstić information content (AvgIpc) is 3.27. The molecule has 0 saturated heterocycles. The Labute approximate surface area is 166 Å². The van der Waals surface area contributed by atoms with Crippen LogP contribution >= 0.6 is 23.1 Å². The standard InChI is InChI=1S/C18H23N5O2S2/c1-11-6-5-9-14(10-11)20-17-22-23-18(27-17)26-12(2)15(24)21-16(25)19-13-7-3-4-8-13/h5-6,9-10,12-13H,3-4,7-8H2,1-2H3,(H,20,22)(H2,19,21,24,25)/t12-/m1/s1. The number of nitrogens with zero attached hydrogens (tertiary/aromatic N) is 2. The third-order valence-electron chi connectivity index (χ3n) is 4.25. The van der Waals surface area contributed by atoms with Crippen LogP contribution in [-0.2, 0) is 4.79 Å². The van der Waals surface area contributed by atoms with E-state index in [1.165, 1.54) is 23.1 Å². The highest BCUT2D eigenvalue weighted by Gasteiger charge is 2.22. The van der Waals surface area contributed by atoms with Crippen molar-refractivity contribution in [3.63, 3.8) is 0 Å². The fourth-order valence-corrected chi connectivity index (χ4v) is 4.78. The zero-order valence-corrected chi connectivity index (χ0v) is 17.0. The van der Waals surface area contributed by atoms with E-state index < -0.39 is 11.3 Å². The van der Waals surface area contributed by atoms with Crippen LogP contribution in [0.4, 0.5) is 15.6 Å². The van der Waals surface area contributed by atoms with E-state index in [-0.39, 0.29) is 11.9 Å². The van der Waals surface area contributed by atoms with Crippen molar-refractivity contribution < 1.29 is 9.59 Å². The van der Waals surface area contributed by atoms with Gasteiger partial charge in [-0.15, -0.1) is 10.2 Å². The van der Waals surface area contributed by atoms with E-state index in [1.807, 2.05) is 31.2 Å². The van der Waals surface area contributed by atoms with Crippen LogP contribution in [0.5, 0.6) is 0 Å². The molecule has 2 aromatic rings. The first kappa shape index (κ1) is 19.6. The zero-order chi connectivity index (χ0) is 19.2. The van der Waals surface area contributed by atoms with Gasteiger partial charge in [0.2, 0.25) is 11.0 Å². The first-order chi connectivity index (χ1) is 13.0. The highest BCUT2D eigenvalue weighted by atomic mass is 32.2. The van der Waals surface area contributed by atoms with Gasteiger partial charge in [-0.1, -0.05) is 48.1 Å². The molecule has 0 aliphatic heterocycles. The second-order valence-corrected chi connectivity index (χ2v) is 9.14. The molecule has 7 nitrogen and oxygen atoms in total. The van der Waals surface area contributed by atoms with Gasteiger partial charge < -0.3 is 10.6 Å². The van der Waals surface area contributed by atoms with E-state index in [4.69, 9.17) is 0 Å². The second kappa shape index (κ2) is 9.18. The lowest BCUT2D eigenvalue weighted by Crippen LogP contribution is -2.45. The fraction of sp³-hybridized carbons (Fsp3) is 0.444. The van der Waals surface area contributed by atoms with E-state index in [2.05, 4.69) is 26.1 Å². The van der Waals surface area contributed by atoms with Crippen LogP contribution in [0.15, 0.2) is 28.6 Å². The van der Waals surface area contributed by atoms with E-state index in [0.717, 1.165) is 36.9 Å². The number of carbonyl (C=O) groups is 2. The van der Waals surface area contributed by atoms with Gasteiger partial charge in [0, 0.05) is 11.7 Å². The van der Waals surface area contributed by atoms with Crippen molar-refractivity contribution in [3.8, 4) is 0 Å². The summed E-state index contributed by atoms with van der Waals surface area (Å²) in [6, 6.07) is 7.73. The molecule has 1 heterocycles. The normalized spacial score (nSPS) is 15.3. The summed E-state index contributed by atoms with van der Waals surface area (Å²) in [5.41, 5.74) is 2.09. The number of anilines is 2. The maximum absolute atomic E-state index is 12.2. The molecule has 0 radical (unpaired) electrons. The van der Waals surface area contributed by atoms with Crippen molar-refractivity contribution in [3.05, 3.63) is 29.8 Å². The maximum atomic E-state index is 12.2. The lowest BCUT2D eigenvalue weighted by Gasteiger charge is -2.14. The zero-order valence-electron chi connectivity index (χ0n) is 15.3. The average molecular weight is 406 g/mol. The van der Waals surface area contributed by atoms with Gasteiger partial charge in [-0.3, -0.25) is 10.1 Å². The Morgan fingerprint density at radius 2 is 2.04 bits per heavy atom. The summed E-state index contributed by atoms with van der Waals surface area (Å²) in [5.74, 6) is -0.334. The van der Waals surface area contributed by atoms with Crippen molar-refractivity contribution in [1.82, 2.24) is 20.8 Å². The SMILES string of the molecule is Cc1cccc(Nc2nnc(S[C@H](C)C(=O)NC(=O)NC3CCCC3)s2)c1. The molecule has 0 bridgehead atoms. The number of rotatable bonds is 6. The molecule has 144 valence electrons. The predicted molar refractivity (Wildman–Crippen MR) is 109 cm³/mol. The molecule has 1 atom stereocenters. The number of imide groups is 1. The molecule has 0 unspecified atom stereocenters. The van der Waals surface area contributed by atoms with Crippen molar-refractivity contribution in [2.45, 2.75) is 55.2 Å². The van der Waals surface area contributed by atoms with Crippen LogP contribution in [-0.4, -0.2) is 33.4 Å². The monoisotopic (exact) mass is 405 g/mol. The summed E-state index contributed by atoms with van der Waals surface area (Å²) in [7, 11) is 0. The van der Waals surface area contributed by atoms with Crippen LogP contribution in [0, 0.1) is 6.92 Å². The number of hydrogen-bond donors (Lipinski definition) is 3. The number of aromatic nitrogens is 2. The molecule has 1 saturated carbocycles. The van der Waals surface area contributed by atoms with Crippen LogP contribution in [0.1, 0.15) is 38.2 Å². The van der Waals surface area contributed by atoms with Crippen LogP contribution < -0.4 is 16.0 Å². The number of thioether (sulfide) groups is 1. The van der Waals surface area contributed by atoms with Gasteiger partial charge in [0.15, 0.2) is 4.34 Å². The van der Waals surface area contributed by atoms with Crippen molar-refractivity contribution in [2.75, 3.05) is 5.32 Å². The Bertz CT molecular complexity index is 805. The third-order valence-corrected chi connectivity index (χ3v) is 6.27. The number of urea groups is 1. The third kappa shape index (κ3) is 5.93. The Hall–Kier alpha value is -2.13. The molecule has 3 amide bonds. The van der Waals surface area contributed by atoms with E-state index in [0.29, 0.717) is 9.47 Å². The van der Waals surface area contributed by atoms with Gasteiger partial charge in [-0.2, -0.15) is 0 Å². The highest BCUT2D eigenvalue weighted by Crippen LogP contribution is 2.30.